The van der Waals surface area contributed by atoms with Gasteiger partial charge >= 0.3 is 0 Å². The quantitative estimate of drug-likeness (QED) is 0.176. The number of aliphatic imine (C=N–C) groups is 1. The van der Waals surface area contributed by atoms with Crippen LogP contribution in [-0.2, 0) is 0 Å². The summed E-state index contributed by atoms with van der Waals surface area (Å²) in [4.78, 5) is 7.31. The van der Waals surface area contributed by atoms with Gasteiger partial charge < -0.3 is 9.32 Å². The van der Waals surface area contributed by atoms with E-state index >= 15 is 0 Å². The number of amidine groups is 1. The number of nitrogens with zero attached hydrogens (tertiary/aromatic N) is 3. The maximum atomic E-state index is 9.19. The number of allylic oxidation sites excluding steroid dienone is 2. The highest BCUT2D eigenvalue weighted by molar-refractivity contribution is 6.25. The number of hydrogen-bond donors (Lipinski definition) is 0. The van der Waals surface area contributed by atoms with Crippen molar-refractivity contribution in [1.29, 1.82) is 5.26 Å². The number of hydrogen-bond acceptors (Lipinski definition) is 4. The fourth-order valence-electron chi connectivity index (χ4n) is 7.51. The lowest BCUT2D eigenvalue weighted by Crippen LogP contribution is -2.40. The van der Waals surface area contributed by atoms with Crippen molar-refractivity contribution in [2.45, 2.75) is 6.17 Å². The van der Waals surface area contributed by atoms with E-state index in [0.717, 1.165) is 55.6 Å². The lowest BCUT2D eigenvalue weighted by atomic mass is 9.95. The van der Waals surface area contributed by atoms with Crippen LogP contribution < -0.4 is 0 Å². The molecule has 4 nitrogen and oxygen atoms in total. The molecular formula is C49H31N3O. The summed E-state index contributed by atoms with van der Waals surface area (Å²) in [7, 11) is 0. The molecule has 7 aromatic carbocycles. The molecule has 1 atom stereocenters. The van der Waals surface area contributed by atoms with Crippen molar-refractivity contribution < 1.29 is 4.42 Å². The van der Waals surface area contributed by atoms with Gasteiger partial charge in [-0.3, -0.25) is 0 Å². The van der Waals surface area contributed by atoms with Crippen LogP contribution in [0.4, 0.5) is 0 Å². The Labute approximate surface area is 307 Å². The van der Waals surface area contributed by atoms with Gasteiger partial charge in [0.1, 0.15) is 17.0 Å². The molecule has 3 heterocycles. The summed E-state index contributed by atoms with van der Waals surface area (Å²) in [5, 5.41) is 11.4. The highest BCUT2D eigenvalue weighted by atomic mass is 16.3. The van der Waals surface area contributed by atoms with Crippen LogP contribution in [0, 0.1) is 11.3 Å². The SMILES string of the molecule is N#Cc1ccc(-c2ccc3oc4ccc(-c5ccc(-c6ccc(-c7cccc(C8N=C9C(c%10ccccc%10)=CC=CN98)c7)cc6)cc5)cc4c3c2)cc1. The molecule has 0 saturated heterocycles. The zero-order chi connectivity index (χ0) is 35.3. The van der Waals surface area contributed by atoms with Gasteiger partial charge in [-0.1, -0.05) is 121 Å². The second kappa shape index (κ2) is 12.5. The molecule has 0 bridgehead atoms. The first-order valence-corrected chi connectivity index (χ1v) is 17.8. The van der Waals surface area contributed by atoms with Gasteiger partial charge in [-0.2, -0.15) is 5.26 Å². The molecule has 0 N–H and O–H groups in total. The van der Waals surface area contributed by atoms with E-state index < -0.39 is 0 Å². The first kappa shape index (κ1) is 30.6. The van der Waals surface area contributed by atoms with Gasteiger partial charge in [-0.05, 0) is 110 Å². The van der Waals surface area contributed by atoms with E-state index in [1.165, 1.54) is 33.4 Å². The molecule has 0 fully saturated rings. The Hall–Kier alpha value is -7.22. The first-order valence-electron chi connectivity index (χ1n) is 17.8. The molecule has 0 saturated carbocycles. The summed E-state index contributed by atoms with van der Waals surface area (Å²) in [6, 6.07) is 59.4. The molecule has 0 amide bonds. The largest absolute Gasteiger partial charge is 0.456 e. The Morgan fingerprint density at radius 1 is 0.509 bits per heavy atom. The van der Waals surface area contributed by atoms with Gasteiger partial charge in [0, 0.05) is 22.5 Å². The third-order valence-corrected chi connectivity index (χ3v) is 10.4. The summed E-state index contributed by atoms with van der Waals surface area (Å²) >= 11 is 0. The van der Waals surface area contributed by atoms with Crippen LogP contribution in [0.25, 0.3) is 72.0 Å². The van der Waals surface area contributed by atoms with Crippen molar-refractivity contribution in [2.24, 2.45) is 4.99 Å². The first-order chi connectivity index (χ1) is 26.2. The maximum absolute atomic E-state index is 9.19. The molecule has 10 rings (SSSR count). The Kier molecular flexibility index (Phi) is 7.23. The molecule has 0 radical (unpaired) electrons. The van der Waals surface area contributed by atoms with Crippen LogP contribution in [0.5, 0.6) is 0 Å². The second-order valence-corrected chi connectivity index (χ2v) is 13.5. The normalized spacial score (nSPS) is 14.7. The highest BCUT2D eigenvalue weighted by Crippen LogP contribution is 2.40. The summed E-state index contributed by atoms with van der Waals surface area (Å²) in [5.74, 6) is 1.02. The van der Waals surface area contributed by atoms with E-state index in [0.29, 0.717) is 5.56 Å². The number of rotatable bonds is 6. The number of benzene rings is 7. The molecule has 4 heteroatoms. The number of fused-ring (bicyclic) bond motifs is 4. The monoisotopic (exact) mass is 677 g/mol. The van der Waals surface area contributed by atoms with Crippen LogP contribution in [0.3, 0.4) is 0 Å². The van der Waals surface area contributed by atoms with Crippen molar-refractivity contribution in [3.8, 4) is 50.6 Å². The molecule has 1 aromatic heterocycles. The zero-order valence-electron chi connectivity index (χ0n) is 28.6. The van der Waals surface area contributed by atoms with Crippen molar-refractivity contribution in [3.63, 3.8) is 0 Å². The van der Waals surface area contributed by atoms with E-state index in [2.05, 4.69) is 157 Å². The van der Waals surface area contributed by atoms with Gasteiger partial charge in [0.05, 0.1) is 11.6 Å². The standard InChI is InChI=1S/C49H31N3O/c50-31-32-11-13-35(14-12-32)40-23-25-46-44(29-40)45-30-41(24-26-47(45)53-46)37-21-17-34(18-22-37)33-15-19-36(20-16-33)39-8-4-9-42(28-39)48-51-49-43(10-5-27-52(48)49)38-6-2-1-3-7-38/h1-30,48H. The average Bonchev–Trinajstić information content (AvgIpc) is 3.59. The number of furan rings is 1. The minimum Gasteiger partial charge on any atom is -0.456 e. The van der Waals surface area contributed by atoms with Crippen molar-refractivity contribution in [1.82, 2.24) is 4.90 Å². The summed E-state index contributed by atoms with van der Waals surface area (Å²) in [6.07, 6.45) is 6.35. The van der Waals surface area contributed by atoms with Crippen LogP contribution in [0.2, 0.25) is 0 Å². The topological polar surface area (TPSA) is 52.5 Å². The molecule has 53 heavy (non-hydrogen) atoms. The lowest BCUT2D eigenvalue weighted by Gasteiger charge is -2.40. The van der Waals surface area contributed by atoms with Crippen molar-refractivity contribution in [3.05, 3.63) is 199 Å². The Morgan fingerprint density at radius 2 is 1.02 bits per heavy atom. The predicted octanol–water partition coefficient (Wildman–Crippen LogP) is 12.4. The molecule has 2 aliphatic heterocycles. The van der Waals surface area contributed by atoms with E-state index in [1.807, 2.05) is 36.4 Å². The van der Waals surface area contributed by atoms with E-state index in [-0.39, 0.29) is 6.17 Å². The van der Waals surface area contributed by atoms with Gasteiger partial charge in [0.2, 0.25) is 0 Å². The Balaban J connectivity index is 0.877. The predicted molar refractivity (Wildman–Crippen MR) is 216 cm³/mol. The third-order valence-electron chi connectivity index (χ3n) is 10.4. The second-order valence-electron chi connectivity index (χ2n) is 13.5. The van der Waals surface area contributed by atoms with Crippen molar-refractivity contribution >= 4 is 33.3 Å². The molecule has 248 valence electrons. The molecule has 1 unspecified atom stereocenters. The van der Waals surface area contributed by atoms with Crippen LogP contribution in [0.1, 0.15) is 22.9 Å². The smallest absolute Gasteiger partial charge is 0.154 e. The number of nitriles is 1. The third kappa shape index (κ3) is 5.44. The Morgan fingerprint density at radius 3 is 1.60 bits per heavy atom. The highest BCUT2D eigenvalue weighted by Gasteiger charge is 2.34. The van der Waals surface area contributed by atoms with E-state index in [1.54, 1.807) is 0 Å². The Bertz CT molecular complexity index is 2820. The maximum Gasteiger partial charge on any atom is 0.154 e. The molecule has 0 aliphatic carbocycles. The lowest BCUT2D eigenvalue weighted by molar-refractivity contribution is 0.369. The van der Waals surface area contributed by atoms with E-state index in [4.69, 9.17) is 9.41 Å². The van der Waals surface area contributed by atoms with Crippen molar-refractivity contribution in [2.75, 3.05) is 0 Å². The van der Waals surface area contributed by atoms with Gasteiger partial charge in [0.25, 0.3) is 0 Å². The van der Waals surface area contributed by atoms with Gasteiger partial charge in [-0.25, -0.2) is 4.99 Å². The minimum atomic E-state index is -0.0225. The van der Waals surface area contributed by atoms with E-state index in [9.17, 15) is 5.26 Å². The van der Waals surface area contributed by atoms with Crippen LogP contribution in [0.15, 0.2) is 192 Å². The molecule has 0 spiro atoms. The average molecular weight is 678 g/mol. The zero-order valence-corrected chi connectivity index (χ0v) is 28.6. The fraction of sp³-hybridized carbons (Fsp3) is 0.0204. The summed E-state index contributed by atoms with van der Waals surface area (Å²) in [5.41, 5.74) is 15.1. The molecule has 2 aliphatic rings. The van der Waals surface area contributed by atoms with Gasteiger partial charge in [0.15, 0.2) is 6.17 Å². The molecule has 8 aromatic rings. The van der Waals surface area contributed by atoms with Crippen LogP contribution >= 0.6 is 0 Å². The van der Waals surface area contributed by atoms with Gasteiger partial charge in [-0.15, -0.1) is 0 Å². The summed E-state index contributed by atoms with van der Waals surface area (Å²) in [6.45, 7) is 0. The summed E-state index contributed by atoms with van der Waals surface area (Å²) < 4.78 is 6.20. The molecular weight excluding hydrogens is 647 g/mol. The van der Waals surface area contributed by atoms with Crippen LogP contribution in [-0.4, -0.2) is 10.7 Å². The fourth-order valence-corrected chi connectivity index (χ4v) is 7.51. The minimum absolute atomic E-state index is 0.0225.